The highest BCUT2D eigenvalue weighted by molar-refractivity contribution is 5.74. The molecule has 24 heavy (non-hydrogen) atoms. The van der Waals surface area contributed by atoms with E-state index in [4.69, 9.17) is 0 Å². The van der Waals surface area contributed by atoms with Crippen molar-refractivity contribution in [2.45, 2.75) is 32.4 Å². The minimum atomic E-state index is -0.387. The van der Waals surface area contributed by atoms with Gasteiger partial charge in [0.15, 0.2) is 5.82 Å². The number of amides is 2. The molecule has 7 nitrogen and oxygen atoms in total. The van der Waals surface area contributed by atoms with E-state index in [9.17, 15) is 9.90 Å². The summed E-state index contributed by atoms with van der Waals surface area (Å²) in [6.45, 7) is 3.41. The van der Waals surface area contributed by atoms with Crippen molar-refractivity contribution < 1.29 is 9.90 Å². The lowest BCUT2D eigenvalue weighted by Gasteiger charge is -2.34. The van der Waals surface area contributed by atoms with Crippen molar-refractivity contribution in [3.8, 4) is 5.69 Å². The van der Waals surface area contributed by atoms with Crippen molar-refractivity contribution in [1.82, 2.24) is 25.0 Å². The van der Waals surface area contributed by atoms with Crippen LogP contribution >= 0.6 is 0 Å². The Morgan fingerprint density at radius 1 is 1.42 bits per heavy atom. The zero-order valence-corrected chi connectivity index (χ0v) is 13.8. The number of piperidine rings is 1. The zero-order chi connectivity index (χ0) is 16.9. The first-order valence-electron chi connectivity index (χ1n) is 8.30. The van der Waals surface area contributed by atoms with E-state index in [1.807, 2.05) is 34.9 Å². The third kappa shape index (κ3) is 3.73. The zero-order valence-electron chi connectivity index (χ0n) is 13.8. The number of aromatic nitrogens is 3. The summed E-state index contributed by atoms with van der Waals surface area (Å²) >= 11 is 0. The van der Waals surface area contributed by atoms with E-state index in [-0.39, 0.29) is 18.1 Å². The fraction of sp³-hybridized carbons (Fsp3) is 0.471. The van der Waals surface area contributed by atoms with Crippen molar-refractivity contribution in [2.75, 3.05) is 13.1 Å². The second-order valence-electron chi connectivity index (χ2n) is 6.20. The molecule has 2 heterocycles. The molecule has 1 saturated heterocycles. The van der Waals surface area contributed by atoms with Gasteiger partial charge in [-0.3, -0.25) is 4.57 Å². The normalized spacial score (nSPS) is 19.1. The minimum Gasteiger partial charge on any atom is -0.393 e. The van der Waals surface area contributed by atoms with Gasteiger partial charge in [-0.15, -0.1) is 10.2 Å². The first-order valence-corrected chi connectivity index (χ1v) is 8.30. The van der Waals surface area contributed by atoms with Crippen molar-refractivity contribution in [1.29, 1.82) is 0 Å². The Morgan fingerprint density at radius 3 is 2.96 bits per heavy atom. The Balaban J connectivity index is 1.60. The smallest absolute Gasteiger partial charge is 0.317 e. The van der Waals surface area contributed by atoms with Crippen LogP contribution in [0, 0.1) is 5.92 Å². The molecule has 3 rings (SSSR count). The lowest BCUT2D eigenvalue weighted by Crippen LogP contribution is -2.47. The maximum atomic E-state index is 12.4. The van der Waals surface area contributed by atoms with E-state index >= 15 is 0 Å². The third-order valence-corrected chi connectivity index (χ3v) is 4.48. The van der Waals surface area contributed by atoms with Crippen molar-refractivity contribution >= 4 is 6.03 Å². The van der Waals surface area contributed by atoms with E-state index in [1.54, 1.807) is 18.2 Å². The number of urea groups is 1. The number of benzene rings is 1. The van der Waals surface area contributed by atoms with Gasteiger partial charge in [-0.1, -0.05) is 18.2 Å². The largest absolute Gasteiger partial charge is 0.393 e. The van der Waals surface area contributed by atoms with Crippen LogP contribution in [0.25, 0.3) is 5.69 Å². The summed E-state index contributed by atoms with van der Waals surface area (Å²) in [5.74, 6) is 0.830. The summed E-state index contributed by atoms with van der Waals surface area (Å²) in [7, 11) is 0. The first kappa shape index (κ1) is 16.4. The lowest BCUT2D eigenvalue weighted by atomic mass is 9.94. The predicted octanol–water partition coefficient (Wildman–Crippen LogP) is 1.57. The van der Waals surface area contributed by atoms with E-state index in [2.05, 4.69) is 15.5 Å². The summed E-state index contributed by atoms with van der Waals surface area (Å²) in [6.07, 6.45) is 3.13. The average molecular weight is 329 g/mol. The van der Waals surface area contributed by atoms with Gasteiger partial charge in [0.05, 0.1) is 12.6 Å². The molecule has 2 amide bonds. The second-order valence-corrected chi connectivity index (χ2v) is 6.20. The molecule has 2 N–H and O–H groups in total. The fourth-order valence-electron chi connectivity index (χ4n) is 3.04. The lowest BCUT2D eigenvalue weighted by molar-refractivity contribution is 0.0738. The number of para-hydroxylation sites is 1. The molecule has 1 fully saturated rings. The molecule has 1 aliphatic rings. The SMILES string of the molecule is CC(O)C1CCCN(C(=O)NCc2nncn2-c2ccccc2)C1. The van der Waals surface area contributed by atoms with Gasteiger partial charge in [0.25, 0.3) is 0 Å². The average Bonchev–Trinajstić information content (AvgIpc) is 3.09. The predicted molar refractivity (Wildman–Crippen MR) is 89.6 cm³/mol. The fourth-order valence-corrected chi connectivity index (χ4v) is 3.04. The van der Waals surface area contributed by atoms with Gasteiger partial charge in [0.2, 0.25) is 0 Å². The number of hydrogen-bond donors (Lipinski definition) is 2. The molecule has 1 aliphatic heterocycles. The molecular formula is C17H23N5O2. The number of aliphatic hydroxyl groups excluding tert-OH is 1. The summed E-state index contributed by atoms with van der Waals surface area (Å²) in [5.41, 5.74) is 0.957. The summed E-state index contributed by atoms with van der Waals surface area (Å²) in [5, 5.41) is 20.7. The van der Waals surface area contributed by atoms with Gasteiger partial charge >= 0.3 is 6.03 Å². The van der Waals surface area contributed by atoms with E-state index in [0.29, 0.717) is 18.9 Å². The van der Waals surface area contributed by atoms with Gasteiger partial charge in [-0.25, -0.2) is 4.79 Å². The molecule has 1 aromatic carbocycles. The standard InChI is InChI=1S/C17H23N5O2/c1-13(23)14-6-5-9-21(11-14)17(24)18-10-16-20-19-12-22(16)15-7-3-2-4-8-15/h2-4,7-8,12-14,23H,5-6,9-11H2,1H3,(H,18,24). The molecule has 0 saturated carbocycles. The Hall–Kier alpha value is -2.41. The van der Waals surface area contributed by atoms with Crippen LogP contribution in [0.4, 0.5) is 4.79 Å². The Morgan fingerprint density at radius 2 is 2.21 bits per heavy atom. The third-order valence-electron chi connectivity index (χ3n) is 4.48. The molecule has 0 radical (unpaired) electrons. The Labute approximate surface area is 141 Å². The number of likely N-dealkylation sites (tertiary alicyclic amines) is 1. The molecule has 7 heteroatoms. The molecular weight excluding hydrogens is 306 g/mol. The molecule has 2 unspecified atom stereocenters. The van der Waals surface area contributed by atoms with Crippen LogP contribution in [-0.2, 0) is 6.54 Å². The number of hydrogen-bond acceptors (Lipinski definition) is 4. The highest BCUT2D eigenvalue weighted by atomic mass is 16.3. The summed E-state index contributed by atoms with van der Waals surface area (Å²) < 4.78 is 1.86. The highest BCUT2D eigenvalue weighted by Crippen LogP contribution is 2.19. The molecule has 0 aliphatic carbocycles. The molecule has 0 bridgehead atoms. The minimum absolute atomic E-state index is 0.122. The van der Waals surface area contributed by atoms with Crippen molar-refractivity contribution in [3.05, 3.63) is 42.5 Å². The van der Waals surface area contributed by atoms with Crippen LogP contribution in [-0.4, -0.2) is 50.0 Å². The van der Waals surface area contributed by atoms with Crippen LogP contribution in [0.1, 0.15) is 25.6 Å². The quantitative estimate of drug-likeness (QED) is 0.892. The Kier molecular flexibility index (Phi) is 5.10. The van der Waals surface area contributed by atoms with Crippen LogP contribution in [0.2, 0.25) is 0 Å². The summed E-state index contributed by atoms with van der Waals surface area (Å²) in [4.78, 5) is 14.2. The van der Waals surface area contributed by atoms with Crippen LogP contribution in [0.3, 0.4) is 0 Å². The van der Waals surface area contributed by atoms with Crippen molar-refractivity contribution in [2.24, 2.45) is 5.92 Å². The number of aliphatic hydroxyl groups is 1. The van der Waals surface area contributed by atoms with Gasteiger partial charge in [-0.2, -0.15) is 0 Å². The first-order chi connectivity index (χ1) is 11.6. The molecule has 1 aromatic heterocycles. The van der Waals surface area contributed by atoms with Gasteiger partial charge in [0, 0.05) is 24.7 Å². The monoisotopic (exact) mass is 329 g/mol. The number of carbonyl (C=O) groups is 1. The van der Waals surface area contributed by atoms with Gasteiger partial charge in [0.1, 0.15) is 6.33 Å². The molecule has 128 valence electrons. The van der Waals surface area contributed by atoms with Gasteiger partial charge < -0.3 is 15.3 Å². The summed E-state index contributed by atoms with van der Waals surface area (Å²) in [6, 6.07) is 9.65. The Bertz CT molecular complexity index is 671. The van der Waals surface area contributed by atoms with Crippen LogP contribution < -0.4 is 5.32 Å². The molecule has 0 spiro atoms. The van der Waals surface area contributed by atoms with Crippen LogP contribution in [0.5, 0.6) is 0 Å². The van der Waals surface area contributed by atoms with Crippen molar-refractivity contribution in [3.63, 3.8) is 0 Å². The van der Waals surface area contributed by atoms with Gasteiger partial charge in [-0.05, 0) is 31.9 Å². The number of nitrogens with zero attached hydrogens (tertiary/aromatic N) is 4. The topological polar surface area (TPSA) is 83.3 Å². The second kappa shape index (κ2) is 7.44. The van der Waals surface area contributed by atoms with E-state index in [0.717, 1.165) is 25.1 Å². The van der Waals surface area contributed by atoms with E-state index < -0.39 is 0 Å². The maximum Gasteiger partial charge on any atom is 0.317 e. The highest BCUT2D eigenvalue weighted by Gasteiger charge is 2.26. The maximum absolute atomic E-state index is 12.4. The molecule has 2 atom stereocenters. The molecule has 2 aromatic rings. The van der Waals surface area contributed by atoms with E-state index in [1.165, 1.54) is 0 Å². The number of rotatable bonds is 4. The number of carbonyl (C=O) groups excluding carboxylic acids is 1. The number of nitrogens with one attached hydrogen (secondary N) is 1. The van der Waals surface area contributed by atoms with Crippen LogP contribution in [0.15, 0.2) is 36.7 Å².